The van der Waals surface area contributed by atoms with Gasteiger partial charge < -0.3 is 15.4 Å². The van der Waals surface area contributed by atoms with Crippen molar-refractivity contribution in [3.63, 3.8) is 0 Å². The second kappa shape index (κ2) is 14.2. The second-order valence-corrected chi connectivity index (χ2v) is 8.30. The Morgan fingerprint density at radius 3 is 2.44 bits per heavy atom. The van der Waals surface area contributed by atoms with E-state index in [-0.39, 0.29) is 24.0 Å². The van der Waals surface area contributed by atoms with E-state index in [2.05, 4.69) is 22.5 Å². The van der Waals surface area contributed by atoms with Gasteiger partial charge in [0.25, 0.3) is 0 Å². The monoisotopic (exact) mass is 511 g/mol. The highest BCUT2D eigenvalue weighted by Crippen LogP contribution is 2.17. The number of rotatable bonds is 11. The third kappa shape index (κ3) is 10.9. The molecule has 2 N–H and O–H groups in total. The minimum absolute atomic E-state index is 0. The van der Waals surface area contributed by atoms with Crippen LogP contribution >= 0.6 is 24.0 Å². The van der Waals surface area contributed by atoms with Crippen LogP contribution in [0.3, 0.4) is 0 Å². The van der Waals surface area contributed by atoms with E-state index < -0.39 is 9.84 Å². The van der Waals surface area contributed by atoms with E-state index >= 15 is 0 Å². The molecule has 0 bridgehead atoms. The fourth-order valence-corrected chi connectivity index (χ4v) is 3.43. The lowest BCUT2D eigenvalue weighted by Gasteiger charge is -2.12. The van der Waals surface area contributed by atoms with Crippen molar-refractivity contribution < 1.29 is 13.2 Å². The van der Waals surface area contributed by atoms with Gasteiger partial charge in [-0.15, -0.1) is 24.0 Å². The number of nitrogens with one attached hydrogen (secondary N) is 2. The Morgan fingerprint density at radius 1 is 1.15 bits per heavy atom. The van der Waals surface area contributed by atoms with Crippen molar-refractivity contribution in [1.29, 1.82) is 0 Å². The molecule has 0 fully saturated rings. The van der Waals surface area contributed by atoms with Crippen molar-refractivity contribution in [1.82, 2.24) is 10.6 Å². The van der Waals surface area contributed by atoms with Crippen molar-refractivity contribution in [2.75, 3.05) is 32.6 Å². The Balaban J connectivity index is 0.00000676. The molecule has 6 nitrogen and oxygen atoms in total. The number of halogens is 1. The molecule has 0 heterocycles. The lowest BCUT2D eigenvalue weighted by atomic mass is 10.1. The third-order valence-corrected chi connectivity index (χ3v) is 5.06. The molecule has 0 radical (unpaired) electrons. The van der Waals surface area contributed by atoms with Crippen LogP contribution in [0.4, 0.5) is 0 Å². The molecule has 0 amide bonds. The molecule has 0 unspecified atom stereocenters. The molecule has 0 aliphatic carbocycles. The van der Waals surface area contributed by atoms with E-state index in [9.17, 15) is 8.42 Å². The lowest BCUT2D eigenvalue weighted by molar-refractivity contribution is 0.129. The van der Waals surface area contributed by atoms with E-state index in [1.54, 1.807) is 6.07 Å². The fraction of sp³-hybridized carbons (Fsp3) is 0.632. The zero-order valence-electron chi connectivity index (χ0n) is 16.9. The summed E-state index contributed by atoms with van der Waals surface area (Å²) in [6, 6.07) is 5.35. The Bertz CT molecular complexity index is 679. The molecule has 0 aliphatic heterocycles. The van der Waals surface area contributed by atoms with Crippen LogP contribution in [0.1, 0.15) is 44.2 Å². The molecule has 1 rings (SSSR count). The molecule has 1 aromatic rings. The first kappa shape index (κ1) is 26.1. The smallest absolute Gasteiger partial charge is 0.191 e. The summed E-state index contributed by atoms with van der Waals surface area (Å²) in [5.74, 6) is 0.755. The maximum absolute atomic E-state index is 11.7. The molecule has 0 saturated carbocycles. The number of unbranched alkanes of at least 4 members (excludes halogenated alkanes) is 1. The standard InChI is InChI=1S/C19H33N3O3S.HI/c1-5-7-12-25-13-8-11-21-19(20-6-2)22-15-17-9-10-18(16(3)14-17)26(4,23)24;/h9-10,14H,5-8,11-13,15H2,1-4H3,(H2,20,21,22);1H. The highest BCUT2D eigenvalue weighted by atomic mass is 127. The van der Waals surface area contributed by atoms with Gasteiger partial charge in [-0.3, -0.25) is 0 Å². The fourth-order valence-electron chi connectivity index (χ4n) is 2.47. The minimum atomic E-state index is -3.19. The summed E-state index contributed by atoms with van der Waals surface area (Å²) in [7, 11) is -3.19. The summed E-state index contributed by atoms with van der Waals surface area (Å²) in [5.41, 5.74) is 1.73. The van der Waals surface area contributed by atoms with Gasteiger partial charge in [-0.2, -0.15) is 0 Å². The normalized spacial score (nSPS) is 11.8. The van der Waals surface area contributed by atoms with Crippen molar-refractivity contribution in [3.8, 4) is 0 Å². The van der Waals surface area contributed by atoms with Gasteiger partial charge in [0.15, 0.2) is 15.8 Å². The van der Waals surface area contributed by atoms with Gasteiger partial charge in [0, 0.05) is 32.6 Å². The first-order chi connectivity index (χ1) is 12.4. The average molecular weight is 511 g/mol. The van der Waals surface area contributed by atoms with Crippen molar-refractivity contribution in [2.45, 2.75) is 51.5 Å². The van der Waals surface area contributed by atoms with Crippen molar-refractivity contribution >= 4 is 39.8 Å². The Morgan fingerprint density at radius 2 is 1.85 bits per heavy atom. The highest BCUT2D eigenvalue weighted by Gasteiger charge is 2.10. The van der Waals surface area contributed by atoms with Crippen LogP contribution in [-0.4, -0.2) is 46.9 Å². The number of nitrogens with zero attached hydrogens (tertiary/aromatic N) is 1. The molecule has 0 atom stereocenters. The summed E-state index contributed by atoms with van der Waals surface area (Å²) < 4.78 is 28.9. The number of ether oxygens (including phenoxy) is 1. The van der Waals surface area contributed by atoms with Gasteiger partial charge in [-0.25, -0.2) is 13.4 Å². The number of hydrogen-bond acceptors (Lipinski definition) is 4. The highest BCUT2D eigenvalue weighted by molar-refractivity contribution is 14.0. The zero-order chi connectivity index (χ0) is 19.4. The third-order valence-electron chi connectivity index (χ3n) is 3.80. The van der Waals surface area contributed by atoms with E-state index in [0.717, 1.165) is 62.7 Å². The van der Waals surface area contributed by atoms with Gasteiger partial charge in [-0.05, 0) is 43.9 Å². The molecule has 0 saturated heterocycles. The molecule has 156 valence electrons. The van der Waals surface area contributed by atoms with Crippen LogP contribution in [0.15, 0.2) is 28.1 Å². The number of aliphatic imine (C=N–C) groups is 1. The van der Waals surface area contributed by atoms with Gasteiger partial charge in [-0.1, -0.05) is 25.5 Å². The quantitative estimate of drug-likeness (QED) is 0.206. The van der Waals surface area contributed by atoms with Crippen molar-refractivity contribution in [3.05, 3.63) is 29.3 Å². The Kier molecular flexibility index (Phi) is 13.7. The first-order valence-corrected chi connectivity index (χ1v) is 11.2. The van der Waals surface area contributed by atoms with E-state index in [1.165, 1.54) is 6.26 Å². The van der Waals surface area contributed by atoms with Gasteiger partial charge in [0.2, 0.25) is 0 Å². The molecular weight excluding hydrogens is 477 g/mol. The summed E-state index contributed by atoms with van der Waals surface area (Å²) in [5, 5.41) is 6.51. The predicted octanol–water partition coefficient (Wildman–Crippen LogP) is 3.28. The van der Waals surface area contributed by atoms with Gasteiger partial charge >= 0.3 is 0 Å². The van der Waals surface area contributed by atoms with E-state index in [1.807, 2.05) is 26.0 Å². The molecule has 0 spiro atoms. The van der Waals surface area contributed by atoms with Crippen LogP contribution < -0.4 is 10.6 Å². The summed E-state index contributed by atoms with van der Waals surface area (Å²) in [6.45, 7) is 9.64. The van der Waals surface area contributed by atoms with Crippen LogP contribution in [0.5, 0.6) is 0 Å². The van der Waals surface area contributed by atoms with Crippen LogP contribution in [-0.2, 0) is 21.1 Å². The minimum Gasteiger partial charge on any atom is -0.381 e. The number of hydrogen-bond donors (Lipinski definition) is 2. The molecule has 1 aromatic carbocycles. The lowest BCUT2D eigenvalue weighted by Crippen LogP contribution is -2.38. The predicted molar refractivity (Wildman–Crippen MR) is 123 cm³/mol. The number of sulfone groups is 1. The molecule has 27 heavy (non-hydrogen) atoms. The van der Waals surface area contributed by atoms with Crippen molar-refractivity contribution in [2.24, 2.45) is 4.99 Å². The van der Waals surface area contributed by atoms with E-state index in [4.69, 9.17) is 4.74 Å². The van der Waals surface area contributed by atoms with E-state index in [0.29, 0.717) is 11.4 Å². The zero-order valence-corrected chi connectivity index (χ0v) is 20.0. The second-order valence-electron chi connectivity index (χ2n) is 6.31. The van der Waals surface area contributed by atoms with Crippen LogP contribution in [0.2, 0.25) is 0 Å². The Labute approximate surface area is 181 Å². The largest absolute Gasteiger partial charge is 0.381 e. The number of aryl methyl sites for hydroxylation is 1. The first-order valence-electron chi connectivity index (χ1n) is 9.28. The molecule has 0 aromatic heterocycles. The maximum atomic E-state index is 11.7. The maximum Gasteiger partial charge on any atom is 0.191 e. The molecular formula is C19H34IN3O3S. The van der Waals surface area contributed by atoms with Crippen LogP contribution in [0, 0.1) is 6.92 Å². The summed E-state index contributed by atoms with van der Waals surface area (Å²) >= 11 is 0. The average Bonchev–Trinajstić information content (AvgIpc) is 2.57. The number of benzene rings is 1. The topological polar surface area (TPSA) is 79.8 Å². The van der Waals surface area contributed by atoms with Gasteiger partial charge in [0.05, 0.1) is 11.4 Å². The summed E-state index contributed by atoms with van der Waals surface area (Å²) in [4.78, 5) is 4.94. The number of guanidine groups is 1. The SMILES string of the molecule is CCCCOCCCNC(=NCc1ccc(S(C)(=O)=O)c(C)c1)NCC.I. The molecule has 8 heteroatoms. The Hall–Kier alpha value is -0.870. The summed E-state index contributed by atoms with van der Waals surface area (Å²) in [6.07, 6.45) is 4.41. The van der Waals surface area contributed by atoms with Gasteiger partial charge in [0.1, 0.15) is 0 Å². The molecule has 0 aliphatic rings. The van der Waals surface area contributed by atoms with Crippen LogP contribution in [0.25, 0.3) is 0 Å².